The Morgan fingerprint density at radius 1 is 1.13 bits per heavy atom. The zero-order valence-electron chi connectivity index (χ0n) is 17.2. The Hall–Kier alpha value is -3.66. The number of pyridine rings is 1. The van der Waals surface area contributed by atoms with Crippen molar-refractivity contribution in [2.24, 2.45) is 5.92 Å². The smallest absolute Gasteiger partial charge is 0.227 e. The second kappa shape index (κ2) is 8.37. The first-order valence-corrected chi connectivity index (χ1v) is 10.1. The van der Waals surface area contributed by atoms with Gasteiger partial charge in [-0.05, 0) is 51.0 Å². The van der Waals surface area contributed by atoms with Crippen LogP contribution in [0.2, 0.25) is 0 Å². The molecule has 0 spiro atoms. The number of piperidine rings is 1. The van der Waals surface area contributed by atoms with Crippen molar-refractivity contribution >= 4 is 17.4 Å². The summed E-state index contributed by atoms with van der Waals surface area (Å²) in [5, 5.41) is 16.6. The third-order valence-electron chi connectivity index (χ3n) is 5.61. The highest BCUT2D eigenvalue weighted by molar-refractivity contribution is 5.93. The lowest BCUT2D eigenvalue weighted by Crippen LogP contribution is -2.38. The van der Waals surface area contributed by atoms with Crippen molar-refractivity contribution in [3.8, 4) is 11.8 Å². The molecule has 30 heavy (non-hydrogen) atoms. The standard InChI is InChI=1S/C23H24N6O/c1-16-22(17(2)29(27-16)20-6-4-3-5-7-20)26-23(30)19-10-12-28(13-11-19)21-9-8-18(14-24)15-25-21/h3-9,15,19H,10-13H2,1-2H3,(H,26,30). The maximum Gasteiger partial charge on any atom is 0.227 e. The minimum atomic E-state index is -0.0430. The summed E-state index contributed by atoms with van der Waals surface area (Å²) in [6, 6.07) is 15.6. The Morgan fingerprint density at radius 2 is 1.87 bits per heavy atom. The number of hydrogen-bond acceptors (Lipinski definition) is 5. The molecule has 0 unspecified atom stereocenters. The monoisotopic (exact) mass is 400 g/mol. The summed E-state index contributed by atoms with van der Waals surface area (Å²) in [5.41, 5.74) is 4.05. The molecule has 1 saturated heterocycles. The highest BCUT2D eigenvalue weighted by Crippen LogP contribution is 2.26. The zero-order valence-corrected chi connectivity index (χ0v) is 17.2. The molecule has 3 heterocycles. The molecule has 0 saturated carbocycles. The molecule has 0 radical (unpaired) electrons. The first-order chi connectivity index (χ1) is 14.6. The van der Waals surface area contributed by atoms with Crippen molar-refractivity contribution < 1.29 is 4.79 Å². The number of nitrogens with zero attached hydrogens (tertiary/aromatic N) is 5. The summed E-state index contributed by atoms with van der Waals surface area (Å²) in [6.45, 7) is 5.42. The van der Waals surface area contributed by atoms with Gasteiger partial charge in [0, 0.05) is 25.2 Å². The van der Waals surface area contributed by atoms with Crippen LogP contribution in [0.25, 0.3) is 5.69 Å². The van der Waals surface area contributed by atoms with Crippen molar-refractivity contribution in [2.45, 2.75) is 26.7 Å². The van der Waals surface area contributed by atoms with E-state index in [4.69, 9.17) is 5.26 Å². The second-order valence-electron chi connectivity index (χ2n) is 7.56. The van der Waals surface area contributed by atoms with Crippen LogP contribution < -0.4 is 10.2 Å². The van der Waals surface area contributed by atoms with Gasteiger partial charge < -0.3 is 10.2 Å². The molecular formula is C23H24N6O. The van der Waals surface area contributed by atoms with Gasteiger partial charge in [0.25, 0.3) is 0 Å². The molecule has 2 aromatic heterocycles. The lowest BCUT2D eigenvalue weighted by atomic mass is 9.95. The Bertz CT molecular complexity index is 1070. The highest BCUT2D eigenvalue weighted by atomic mass is 16.1. The molecule has 1 fully saturated rings. The highest BCUT2D eigenvalue weighted by Gasteiger charge is 2.27. The predicted molar refractivity (Wildman–Crippen MR) is 116 cm³/mol. The fourth-order valence-corrected chi connectivity index (χ4v) is 3.88. The van der Waals surface area contributed by atoms with Crippen LogP contribution >= 0.6 is 0 Å². The van der Waals surface area contributed by atoms with Gasteiger partial charge in [-0.1, -0.05) is 18.2 Å². The van der Waals surface area contributed by atoms with E-state index in [0.29, 0.717) is 5.56 Å². The molecular weight excluding hydrogens is 376 g/mol. The van der Waals surface area contributed by atoms with E-state index in [9.17, 15) is 4.79 Å². The lowest BCUT2D eigenvalue weighted by Gasteiger charge is -2.32. The molecule has 1 aliphatic heterocycles. The predicted octanol–water partition coefficient (Wildman–Crippen LogP) is 3.61. The summed E-state index contributed by atoms with van der Waals surface area (Å²) in [6.07, 6.45) is 3.11. The maximum atomic E-state index is 12.9. The molecule has 152 valence electrons. The number of benzene rings is 1. The summed E-state index contributed by atoms with van der Waals surface area (Å²) < 4.78 is 1.87. The summed E-state index contributed by atoms with van der Waals surface area (Å²) in [7, 11) is 0. The van der Waals surface area contributed by atoms with Crippen LogP contribution in [0, 0.1) is 31.1 Å². The van der Waals surface area contributed by atoms with Gasteiger partial charge in [0.05, 0.1) is 28.3 Å². The molecule has 7 heteroatoms. The second-order valence-corrected chi connectivity index (χ2v) is 7.56. The summed E-state index contributed by atoms with van der Waals surface area (Å²) in [5.74, 6) is 0.850. The molecule has 4 rings (SSSR count). The van der Waals surface area contributed by atoms with Gasteiger partial charge in [0.2, 0.25) is 5.91 Å². The van der Waals surface area contributed by atoms with Crippen LogP contribution in [0.5, 0.6) is 0 Å². The number of hydrogen-bond donors (Lipinski definition) is 1. The normalized spacial score (nSPS) is 14.4. The third kappa shape index (κ3) is 3.90. The summed E-state index contributed by atoms with van der Waals surface area (Å²) in [4.78, 5) is 19.4. The number of nitriles is 1. The van der Waals surface area contributed by atoms with Crippen molar-refractivity contribution in [2.75, 3.05) is 23.3 Å². The largest absolute Gasteiger partial charge is 0.357 e. The van der Waals surface area contributed by atoms with Gasteiger partial charge in [-0.25, -0.2) is 9.67 Å². The van der Waals surface area contributed by atoms with Crippen LogP contribution in [0.1, 0.15) is 29.8 Å². The Labute approximate surface area is 176 Å². The van der Waals surface area contributed by atoms with Gasteiger partial charge in [-0.15, -0.1) is 0 Å². The zero-order chi connectivity index (χ0) is 21.1. The minimum Gasteiger partial charge on any atom is -0.357 e. The SMILES string of the molecule is Cc1nn(-c2ccccc2)c(C)c1NC(=O)C1CCN(c2ccc(C#N)cn2)CC1. The van der Waals surface area contributed by atoms with Gasteiger partial charge in [0.15, 0.2) is 0 Å². The van der Waals surface area contributed by atoms with Gasteiger partial charge in [0.1, 0.15) is 11.9 Å². The number of rotatable bonds is 4. The van der Waals surface area contributed by atoms with Crippen molar-refractivity contribution in [3.05, 3.63) is 65.6 Å². The van der Waals surface area contributed by atoms with E-state index in [1.807, 2.05) is 54.9 Å². The van der Waals surface area contributed by atoms with Crippen molar-refractivity contribution in [1.82, 2.24) is 14.8 Å². The number of carbonyl (C=O) groups is 1. The van der Waals surface area contributed by atoms with Crippen molar-refractivity contribution in [3.63, 3.8) is 0 Å². The number of para-hydroxylation sites is 1. The quantitative estimate of drug-likeness (QED) is 0.723. The molecule has 1 N–H and O–H groups in total. The average Bonchev–Trinajstić information content (AvgIpc) is 3.08. The molecule has 0 bridgehead atoms. The minimum absolute atomic E-state index is 0.0428. The first kappa shape index (κ1) is 19.6. The number of aromatic nitrogens is 3. The molecule has 1 amide bonds. The molecule has 1 aliphatic rings. The maximum absolute atomic E-state index is 12.9. The fourth-order valence-electron chi connectivity index (χ4n) is 3.88. The van der Waals surface area contributed by atoms with Crippen LogP contribution in [0.3, 0.4) is 0 Å². The molecule has 1 aromatic carbocycles. The van der Waals surface area contributed by atoms with Gasteiger partial charge in [-0.2, -0.15) is 10.4 Å². The Morgan fingerprint density at radius 3 is 2.50 bits per heavy atom. The van der Waals surface area contributed by atoms with E-state index in [0.717, 1.165) is 54.5 Å². The third-order valence-corrected chi connectivity index (χ3v) is 5.61. The van der Waals surface area contributed by atoms with Crippen molar-refractivity contribution in [1.29, 1.82) is 5.26 Å². The molecule has 0 aliphatic carbocycles. The van der Waals surface area contributed by atoms with E-state index in [1.165, 1.54) is 0 Å². The number of anilines is 2. The fraction of sp³-hybridized carbons (Fsp3) is 0.304. The Kier molecular flexibility index (Phi) is 5.48. The van der Waals surface area contributed by atoms with Crippen LogP contribution in [-0.2, 0) is 4.79 Å². The molecule has 0 atom stereocenters. The van der Waals surface area contributed by atoms with Gasteiger partial charge >= 0.3 is 0 Å². The van der Waals surface area contributed by atoms with E-state index in [1.54, 1.807) is 12.3 Å². The number of nitrogens with one attached hydrogen (secondary N) is 1. The first-order valence-electron chi connectivity index (χ1n) is 10.1. The number of carbonyl (C=O) groups excluding carboxylic acids is 1. The van der Waals surface area contributed by atoms with Crippen LogP contribution in [0.4, 0.5) is 11.5 Å². The summed E-state index contributed by atoms with van der Waals surface area (Å²) >= 11 is 0. The van der Waals surface area contributed by atoms with Crippen LogP contribution in [0.15, 0.2) is 48.7 Å². The number of aryl methyl sites for hydroxylation is 1. The number of amides is 1. The topological polar surface area (TPSA) is 86.8 Å². The lowest BCUT2D eigenvalue weighted by molar-refractivity contribution is -0.120. The molecule has 3 aromatic rings. The van der Waals surface area contributed by atoms with Crippen LogP contribution in [-0.4, -0.2) is 33.8 Å². The van der Waals surface area contributed by atoms with E-state index in [-0.39, 0.29) is 11.8 Å². The van der Waals surface area contributed by atoms with E-state index in [2.05, 4.69) is 26.4 Å². The Balaban J connectivity index is 1.41. The van der Waals surface area contributed by atoms with E-state index >= 15 is 0 Å². The van der Waals surface area contributed by atoms with Gasteiger partial charge in [-0.3, -0.25) is 4.79 Å². The molecule has 7 nitrogen and oxygen atoms in total. The van der Waals surface area contributed by atoms with E-state index < -0.39 is 0 Å². The average molecular weight is 400 g/mol.